The summed E-state index contributed by atoms with van der Waals surface area (Å²) in [4.78, 5) is 4.51. The van der Waals surface area contributed by atoms with Crippen LogP contribution in [0.15, 0.2) is 29.3 Å². The molecule has 1 aliphatic rings. The van der Waals surface area contributed by atoms with E-state index in [4.69, 9.17) is 9.47 Å². The summed E-state index contributed by atoms with van der Waals surface area (Å²) in [5.74, 6) is 1.17. The average Bonchev–Trinajstić information content (AvgIpc) is 2.71. The number of hydrogen-bond acceptors (Lipinski definition) is 3. The van der Waals surface area contributed by atoms with E-state index in [0.29, 0.717) is 37.1 Å². The smallest absolute Gasteiger partial charge is 0.381 e. The fourth-order valence-electron chi connectivity index (χ4n) is 3.11. The SMILES string of the molecule is CCNC(=NCCCOCC1CCOCC1)NC(C)c1cccc(C(F)(F)F)c1. The molecular weight excluding hydrogens is 383 g/mol. The van der Waals surface area contributed by atoms with Gasteiger partial charge in [0.1, 0.15) is 0 Å². The molecule has 0 aromatic heterocycles. The maximum Gasteiger partial charge on any atom is 0.416 e. The van der Waals surface area contributed by atoms with Crippen molar-refractivity contribution in [2.45, 2.75) is 45.3 Å². The van der Waals surface area contributed by atoms with E-state index in [-0.39, 0.29) is 6.04 Å². The summed E-state index contributed by atoms with van der Waals surface area (Å²) >= 11 is 0. The molecule has 0 radical (unpaired) electrons. The Labute approximate surface area is 171 Å². The van der Waals surface area contributed by atoms with Crippen molar-refractivity contribution >= 4 is 5.96 Å². The highest BCUT2D eigenvalue weighted by Gasteiger charge is 2.30. The number of nitrogens with zero attached hydrogens (tertiary/aromatic N) is 1. The summed E-state index contributed by atoms with van der Waals surface area (Å²) in [6.45, 7) is 8.06. The van der Waals surface area contributed by atoms with E-state index >= 15 is 0 Å². The molecule has 1 aromatic rings. The molecule has 2 rings (SSSR count). The van der Waals surface area contributed by atoms with E-state index in [9.17, 15) is 13.2 Å². The van der Waals surface area contributed by atoms with E-state index in [1.54, 1.807) is 6.07 Å². The van der Waals surface area contributed by atoms with Crippen LogP contribution in [0.3, 0.4) is 0 Å². The molecule has 0 saturated carbocycles. The Morgan fingerprint density at radius 3 is 2.76 bits per heavy atom. The third kappa shape index (κ3) is 8.62. The summed E-state index contributed by atoms with van der Waals surface area (Å²) in [7, 11) is 0. The van der Waals surface area contributed by atoms with Gasteiger partial charge >= 0.3 is 6.18 Å². The second-order valence-corrected chi connectivity index (χ2v) is 7.23. The number of benzene rings is 1. The number of aliphatic imine (C=N–C) groups is 1. The van der Waals surface area contributed by atoms with Crippen LogP contribution in [-0.4, -0.2) is 45.5 Å². The van der Waals surface area contributed by atoms with Gasteiger partial charge in [0.25, 0.3) is 0 Å². The highest BCUT2D eigenvalue weighted by Crippen LogP contribution is 2.30. The number of hydrogen-bond donors (Lipinski definition) is 2. The maximum atomic E-state index is 12.9. The molecule has 1 atom stereocenters. The van der Waals surface area contributed by atoms with Crippen LogP contribution in [0, 0.1) is 5.92 Å². The average molecular weight is 416 g/mol. The Hall–Kier alpha value is -1.80. The zero-order valence-electron chi connectivity index (χ0n) is 17.2. The Kier molecular flexibility index (Phi) is 9.73. The molecule has 164 valence electrons. The predicted molar refractivity (Wildman–Crippen MR) is 108 cm³/mol. The molecule has 1 unspecified atom stereocenters. The quantitative estimate of drug-likeness (QED) is 0.361. The van der Waals surface area contributed by atoms with Gasteiger partial charge in [-0.2, -0.15) is 13.2 Å². The second-order valence-electron chi connectivity index (χ2n) is 7.23. The molecule has 8 heteroatoms. The molecule has 1 aliphatic heterocycles. The highest BCUT2D eigenvalue weighted by molar-refractivity contribution is 5.80. The Morgan fingerprint density at radius 1 is 1.31 bits per heavy atom. The molecule has 5 nitrogen and oxygen atoms in total. The van der Waals surface area contributed by atoms with Crippen molar-refractivity contribution in [3.63, 3.8) is 0 Å². The first-order valence-corrected chi connectivity index (χ1v) is 10.3. The number of ether oxygens (including phenoxy) is 2. The van der Waals surface area contributed by atoms with Crippen LogP contribution in [0.4, 0.5) is 13.2 Å². The van der Waals surface area contributed by atoms with Crippen molar-refractivity contribution in [2.24, 2.45) is 10.9 Å². The van der Waals surface area contributed by atoms with Gasteiger partial charge in [-0.15, -0.1) is 0 Å². The molecule has 1 heterocycles. The molecule has 1 saturated heterocycles. The van der Waals surface area contributed by atoms with Gasteiger partial charge in [0, 0.05) is 39.5 Å². The van der Waals surface area contributed by atoms with Crippen LogP contribution in [0.25, 0.3) is 0 Å². The van der Waals surface area contributed by atoms with E-state index in [1.807, 2.05) is 13.8 Å². The predicted octanol–water partition coefficient (Wildman–Crippen LogP) is 4.15. The van der Waals surface area contributed by atoms with Gasteiger partial charge in [0.2, 0.25) is 0 Å². The number of alkyl halides is 3. The summed E-state index contributed by atoms with van der Waals surface area (Å²) in [5, 5.41) is 6.30. The lowest BCUT2D eigenvalue weighted by Gasteiger charge is -2.21. The van der Waals surface area contributed by atoms with E-state index < -0.39 is 11.7 Å². The molecule has 2 N–H and O–H groups in total. The summed E-state index contributed by atoms with van der Waals surface area (Å²) < 4.78 is 49.9. The Morgan fingerprint density at radius 2 is 2.07 bits per heavy atom. The fraction of sp³-hybridized carbons (Fsp3) is 0.667. The lowest BCUT2D eigenvalue weighted by molar-refractivity contribution is -0.137. The minimum atomic E-state index is -4.35. The van der Waals surface area contributed by atoms with Crippen molar-refractivity contribution in [3.05, 3.63) is 35.4 Å². The van der Waals surface area contributed by atoms with Crippen LogP contribution in [0.2, 0.25) is 0 Å². The van der Waals surface area contributed by atoms with Crippen LogP contribution >= 0.6 is 0 Å². The minimum Gasteiger partial charge on any atom is -0.381 e. The van der Waals surface area contributed by atoms with Crippen molar-refractivity contribution in [2.75, 3.05) is 39.5 Å². The highest BCUT2D eigenvalue weighted by atomic mass is 19.4. The maximum absolute atomic E-state index is 12.9. The lowest BCUT2D eigenvalue weighted by atomic mass is 10.0. The van der Waals surface area contributed by atoms with E-state index in [2.05, 4.69) is 15.6 Å². The van der Waals surface area contributed by atoms with Crippen LogP contribution in [-0.2, 0) is 15.7 Å². The monoisotopic (exact) mass is 415 g/mol. The van der Waals surface area contributed by atoms with Gasteiger partial charge in [0.15, 0.2) is 5.96 Å². The lowest BCUT2D eigenvalue weighted by Crippen LogP contribution is -2.38. The number of halogens is 3. The topological polar surface area (TPSA) is 54.9 Å². The van der Waals surface area contributed by atoms with E-state index in [0.717, 1.165) is 45.1 Å². The molecule has 0 amide bonds. The van der Waals surface area contributed by atoms with Gasteiger partial charge in [0.05, 0.1) is 11.6 Å². The van der Waals surface area contributed by atoms with Gasteiger partial charge < -0.3 is 20.1 Å². The van der Waals surface area contributed by atoms with Crippen LogP contribution < -0.4 is 10.6 Å². The molecule has 0 spiro atoms. The van der Waals surface area contributed by atoms with Crippen molar-refractivity contribution in [3.8, 4) is 0 Å². The van der Waals surface area contributed by atoms with Gasteiger partial charge in [-0.05, 0) is 56.7 Å². The normalized spacial score (nSPS) is 17.2. The van der Waals surface area contributed by atoms with Gasteiger partial charge in [-0.3, -0.25) is 4.99 Å². The Bertz CT molecular complexity index is 632. The first-order chi connectivity index (χ1) is 13.9. The third-order valence-electron chi connectivity index (χ3n) is 4.82. The molecule has 0 bridgehead atoms. The number of rotatable bonds is 9. The van der Waals surface area contributed by atoms with Crippen molar-refractivity contribution in [1.29, 1.82) is 0 Å². The molecule has 29 heavy (non-hydrogen) atoms. The fourth-order valence-corrected chi connectivity index (χ4v) is 3.11. The third-order valence-corrected chi connectivity index (χ3v) is 4.82. The van der Waals surface area contributed by atoms with Crippen molar-refractivity contribution in [1.82, 2.24) is 10.6 Å². The molecule has 1 fully saturated rings. The van der Waals surface area contributed by atoms with E-state index in [1.165, 1.54) is 12.1 Å². The molecule has 1 aromatic carbocycles. The standard InChI is InChI=1S/C21H32F3N3O2/c1-3-25-20(26-10-5-11-29-15-17-8-12-28-13-9-17)27-16(2)18-6-4-7-19(14-18)21(22,23)24/h4,6-7,14,16-17H,3,5,8-13,15H2,1-2H3,(H2,25,26,27). The largest absolute Gasteiger partial charge is 0.416 e. The van der Waals surface area contributed by atoms with Gasteiger partial charge in [-0.1, -0.05) is 12.1 Å². The Balaban J connectivity index is 1.79. The summed E-state index contributed by atoms with van der Waals surface area (Å²) in [6, 6.07) is 5.05. The number of nitrogens with one attached hydrogen (secondary N) is 2. The minimum absolute atomic E-state index is 0.306. The molecular formula is C21H32F3N3O2. The first-order valence-electron chi connectivity index (χ1n) is 10.3. The number of guanidine groups is 1. The zero-order chi connectivity index (χ0) is 21.1. The first kappa shape index (κ1) is 23.5. The van der Waals surface area contributed by atoms with Crippen LogP contribution in [0.1, 0.15) is 50.3 Å². The van der Waals surface area contributed by atoms with Crippen LogP contribution in [0.5, 0.6) is 0 Å². The summed E-state index contributed by atoms with van der Waals surface area (Å²) in [6.07, 6.45) is -1.45. The van der Waals surface area contributed by atoms with Crippen molar-refractivity contribution < 1.29 is 22.6 Å². The zero-order valence-corrected chi connectivity index (χ0v) is 17.2. The second kappa shape index (κ2) is 12.0. The molecule has 0 aliphatic carbocycles. The summed E-state index contributed by atoms with van der Waals surface area (Å²) in [5.41, 5.74) is -0.0857. The van der Waals surface area contributed by atoms with Gasteiger partial charge in [-0.25, -0.2) is 0 Å².